The Kier molecular flexibility index (Phi) is 18.6. The molecule has 1 saturated heterocycles. The molecule has 340 valence electrons. The standard InChI is InChI=1S/C50H74N4O7Si/c1-12-54(48(58)59-34-37-24-18-14-19-25-37)40-28-30-53(31-29-40)46(56)42(35(2)3)51-45(55)39(32-36-22-16-13-17-23-36)33-41(49(4,5)6)43(52-47(57)60-50(7,8)9)44(61-62(10)11)38-26-20-15-21-27-38/h13-27,35,39-44,62H,12,28-34H2,1-11H3,(H,51,55)(H,52,57)/t39-,41-,42+,43-,44?/m1/s1. The third-order valence-electron chi connectivity index (χ3n) is 11.6. The number of carbonyl (C=O) groups excluding carboxylic acids is 4. The molecule has 0 aromatic heterocycles. The number of nitrogens with one attached hydrogen (secondary N) is 2. The summed E-state index contributed by atoms with van der Waals surface area (Å²) in [5.74, 6) is -1.36. The van der Waals surface area contributed by atoms with E-state index in [-0.39, 0.29) is 42.4 Å². The summed E-state index contributed by atoms with van der Waals surface area (Å²) < 4.78 is 18.3. The Balaban J connectivity index is 1.60. The first-order chi connectivity index (χ1) is 29.3. The van der Waals surface area contributed by atoms with Crippen LogP contribution in [0.3, 0.4) is 0 Å². The van der Waals surface area contributed by atoms with Crippen LogP contribution in [-0.2, 0) is 36.5 Å². The molecule has 5 atom stereocenters. The Labute approximate surface area is 373 Å². The van der Waals surface area contributed by atoms with Gasteiger partial charge in [-0.1, -0.05) is 126 Å². The van der Waals surface area contributed by atoms with Crippen molar-refractivity contribution in [2.75, 3.05) is 19.6 Å². The fourth-order valence-electron chi connectivity index (χ4n) is 8.38. The highest BCUT2D eigenvalue weighted by molar-refractivity contribution is 6.48. The van der Waals surface area contributed by atoms with Crippen molar-refractivity contribution in [3.05, 3.63) is 108 Å². The third kappa shape index (κ3) is 15.3. The maximum atomic E-state index is 14.9. The van der Waals surface area contributed by atoms with Gasteiger partial charge in [-0.15, -0.1) is 0 Å². The molecule has 0 saturated carbocycles. The molecule has 12 heteroatoms. The topological polar surface area (TPSA) is 127 Å². The minimum atomic E-state index is -1.68. The summed E-state index contributed by atoms with van der Waals surface area (Å²) in [7, 11) is -1.68. The van der Waals surface area contributed by atoms with Crippen molar-refractivity contribution in [1.29, 1.82) is 0 Å². The highest BCUT2D eigenvalue weighted by Crippen LogP contribution is 2.41. The maximum absolute atomic E-state index is 14.9. The van der Waals surface area contributed by atoms with E-state index < -0.39 is 50.3 Å². The molecule has 0 spiro atoms. The van der Waals surface area contributed by atoms with E-state index in [9.17, 15) is 19.2 Å². The summed E-state index contributed by atoms with van der Waals surface area (Å²) in [5, 5.41) is 6.50. The zero-order valence-electron chi connectivity index (χ0n) is 39.2. The van der Waals surface area contributed by atoms with Crippen molar-refractivity contribution in [1.82, 2.24) is 20.4 Å². The monoisotopic (exact) mass is 871 g/mol. The van der Waals surface area contributed by atoms with Gasteiger partial charge in [0.05, 0.1) is 12.1 Å². The van der Waals surface area contributed by atoms with Crippen molar-refractivity contribution >= 4 is 33.0 Å². The van der Waals surface area contributed by atoms with Crippen molar-refractivity contribution in [3.63, 3.8) is 0 Å². The first-order valence-electron chi connectivity index (χ1n) is 22.6. The van der Waals surface area contributed by atoms with E-state index in [1.807, 2.05) is 137 Å². The predicted octanol–water partition coefficient (Wildman–Crippen LogP) is 9.32. The van der Waals surface area contributed by atoms with Crippen LogP contribution in [0.2, 0.25) is 13.1 Å². The molecule has 4 amide bonds. The van der Waals surface area contributed by atoms with Crippen molar-refractivity contribution in [3.8, 4) is 0 Å². The molecule has 0 radical (unpaired) electrons. The highest BCUT2D eigenvalue weighted by Gasteiger charge is 2.43. The molecule has 11 nitrogen and oxygen atoms in total. The Bertz CT molecular complexity index is 1840. The number of nitrogens with zero attached hydrogens (tertiary/aromatic N) is 2. The summed E-state index contributed by atoms with van der Waals surface area (Å²) >= 11 is 0. The summed E-state index contributed by atoms with van der Waals surface area (Å²) in [5.41, 5.74) is 1.72. The number of benzene rings is 3. The summed E-state index contributed by atoms with van der Waals surface area (Å²) in [6.07, 6.45) is 0.652. The molecule has 62 heavy (non-hydrogen) atoms. The van der Waals surface area contributed by atoms with Gasteiger partial charge in [-0.05, 0) is 100 Å². The number of likely N-dealkylation sites (tertiary alicyclic amines) is 1. The summed E-state index contributed by atoms with van der Waals surface area (Å²) in [6, 6.07) is 28.1. The second-order valence-electron chi connectivity index (χ2n) is 19.4. The number of amides is 4. The fraction of sp³-hybridized carbons (Fsp3) is 0.560. The second kappa shape index (κ2) is 23.1. The average molecular weight is 871 g/mol. The van der Waals surface area contributed by atoms with Crippen LogP contribution in [0.15, 0.2) is 91.0 Å². The molecule has 1 unspecified atom stereocenters. The van der Waals surface area contributed by atoms with E-state index in [1.165, 1.54) is 0 Å². The van der Waals surface area contributed by atoms with E-state index in [0.29, 0.717) is 45.3 Å². The molecular weight excluding hydrogens is 797 g/mol. The minimum absolute atomic E-state index is 0.0618. The van der Waals surface area contributed by atoms with E-state index in [4.69, 9.17) is 13.9 Å². The van der Waals surface area contributed by atoms with Crippen molar-refractivity contribution in [2.45, 2.75) is 138 Å². The van der Waals surface area contributed by atoms with Gasteiger partial charge in [0.25, 0.3) is 0 Å². The zero-order valence-corrected chi connectivity index (χ0v) is 40.3. The van der Waals surface area contributed by atoms with Crippen LogP contribution in [0.5, 0.6) is 0 Å². The molecular formula is C50H74N4O7Si. The number of alkyl carbamates (subject to hydrolysis) is 1. The van der Waals surface area contributed by atoms with Crippen LogP contribution >= 0.6 is 0 Å². The summed E-state index contributed by atoms with van der Waals surface area (Å²) in [6.45, 7) is 23.7. The largest absolute Gasteiger partial charge is 0.445 e. The van der Waals surface area contributed by atoms with Crippen LogP contribution < -0.4 is 10.6 Å². The molecule has 1 aliphatic heterocycles. The maximum Gasteiger partial charge on any atom is 0.410 e. The lowest BCUT2D eigenvalue weighted by molar-refractivity contribution is -0.140. The lowest BCUT2D eigenvalue weighted by Gasteiger charge is -2.43. The van der Waals surface area contributed by atoms with Gasteiger partial charge in [-0.2, -0.15) is 0 Å². The molecule has 2 N–H and O–H groups in total. The van der Waals surface area contributed by atoms with Gasteiger partial charge in [0, 0.05) is 31.6 Å². The Morgan fingerprint density at radius 3 is 1.85 bits per heavy atom. The number of hydrogen-bond donors (Lipinski definition) is 2. The number of carbonyl (C=O) groups is 4. The quantitative estimate of drug-likeness (QED) is 0.122. The Morgan fingerprint density at radius 2 is 1.35 bits per heavy atom. The van der Waals surface area contributed by atoms with E-state index in [2.05, 4.69) is 44.5 Å². The van der Waals surface area contributed by atoms with Crippen LogP contribution in [0.1, 0.15) is 104 Å². The van der Waals surface area contributed by atoms with Gasteiger partial charge >= 0.3 is 12.2 Å². The van der Waals surface area contributed by atoms with Gasteiger partial charge in [0.1, 0.15) is 18.2 Å². The van der Waals surface area contributed by atoms with Gasteiger partial charge in [-0.3, -0.25) is 9.59 Å². The van der Waals surface area contributed by atoms with Gasteiger partial charge in [0.15, 0.2) is 9.04 Å². The van der Waals surface area contributed by atoms with Crippen molar-refractivity contribution in [2.24, 2.45) is 23.2 Å². The minimum Gasteiger partial charge on any atom is -0.445 e. The van der Waals surface area contributed by atoms with Gasteiger partial charge in [0.2, 0.25) is 11.8 Å². The highest BCUT2D eigenvalue weighted by atomic mass is 28.3. The zero-order chi connectivity index (χ0) is 45.6. The molecule has 1 fully saturated rings. The van der Waals surface area contributed by atoms with E-state index >= 15 is 0 Å². The van der Waals surface area contributed by atoms with Crippen LogP contribution in [0.25, 0.3) is 0 Å². The lowest BCUT2D eigenvalue weighted by Crippen LogP contribution is -2.56. The molecule has 4 rings (SSSR count). The normalized spacial score (nSPS) is 16.2. The van der Waals surface area contributed by atoms with Crippen LogP contribution in [-0.4, -0.2) is 86.2 Å². The predicted molar refractivity (Wildman–Crippen MR) is 249 cm³/mol. The van der Waals surface area contributed by atoms with E-state index in [0.717, 1.165) is 16.7 Å². The smallest absolute Gasteiger partial charge is 0.410 e. The first-order valence-corrected chi connectivity index (χ1v) is 25.4. The van der Waals surface area contributed by atoms with Crippen molar-refractivity contribution < 1.29 is 33.1 Å². The number of hydrogen-bond acceptors (Lipinski definition) is 7. The number of ether oxygens (including phenoxy) is 2. The molecule has 0 bridgehead atoms. The molecule has 0 aliphatic carbocycles. The molecule has 1 aliphatic rings. The van der Waals surface area contributed by atoms with Gasteiger partial charge in [-0.25, -0.2) is 9.59 Å². The SMILES string of the molecule is CCN(C(=O)OCc1ccccc1)C1CCN(C(=O)[C@@H](NC(=O)[C@H](Cc2ccccc2)C[C@H]([C@@H](NC(=O)OC(C)(C)C)C(O[SiH](C)C)c2ccccc2)C(C)(C)C)C(C)C)CC1. The molecule has 1 heterocycles. The molecule has 3 aromatic rings. The first kappa shape index (κ1) is 50.0. The average Bonchev–Trinajstić information content (AvgIpc) is 3.22. The third-order valence-corrected chi connectivity index (χ3v) is 12.4. The van der Waals surface area contributed by atoms with Crippen LogP contribution in [0.4, 0.5) is 9.59 Å². The summed E-state index contributed by atoms with van der Waals surface area (Å²) in [4.78, 5) is 59.8. The number of piperidine rings is 1. The second-order valence-corrected chi connectivity index (χ2v) is 21.8. The van der Waals surface area contributed by atoms with E-state index in [1.54, 1.807) is 4.90 Å². The number of rotatable bonds is 18. The van der Waals surface area contributed by atoms with Gasteiger partial charge < -0.3 is 34.3 Å². The molecule has 3 aromatic carbocycles. The Morgan fingerprint density at radius 1 is 0.806 bits per heavy atom. The van der Waals surface area contributed by atoms with Crippen LogP contribution in [0, 0.1) is 23.2 Å². The lowest BCUT2D eigenvalue weighted by atomic mass is 9.69. The Hall–Kier alpha value is -4.68. The fourth-order valence-corrected chi connectivity index (χ4v) is 9.30.